The number of phenols is 2. The predicted octanol–water partition coefficient (Wildman–Crippen LogP) is 5.09. The van der Waals surface area contributed by atoms with Gasteiger partial charge >= 0.3 is 0 Å². The van der Waals surface area contributed by atoms with Crippen molar-refractivity contribution >= 4 is 0 Å². The Kier molecular flexibility index (Phi) is 3.71. The number of hydrogen-bond acceptors (Lipinski definition) is 4. The Morgan fingerprint density at radius 1 is 0.720 bits per heavy atom. The standard InChI is InChI=1S/C21H15NO3/c23-16-6-3-5-14(11-16)18-12-15(21-9-4-10-25-21)13-19(22-18)17-7-1-2-8-20(17)24/h1-13,23-24H. The van der Waals surface area contributed by atoms with Crippen LogP contribution >= 0.6 is 0 Å². The molecule has 122 valence electrons. The smallest absolute Gasteiger partial charge is 0.134 e. The Hall–Kier alpha value is -3.53. The number of aromatic hydroxyl groups is 2. The van der Waals surface area contributed by atoms with Crippen molar-refractivity contribution < 1.29 is 14.6 Å². The minimum absolute atomic E-state index is 0.161. The molecule has 0 radical (unpaired) electrons. The van der Waals surface area contributed by atoms with E-state index in [0.29, 0.717) is 22.7 Å². The summed E-state index contributed by atoms with van der Waals surface area (Å²) < 4.78 is 5.52. The normalized spacial score (nSPS) is 10.7. The summed E-state index contributed by atoms with van der Waals surface area (Å²) >= 11 is 0. The molecule has 0 spiro atoms. The molecule has 0 aliphatic heterocycles. The average Bonchev–Trinajstić information content (AvgIpc) is 3.16. The third-order valence-electron chi connectivity index (χ3n) is 3.95. The fraction of sp³-hybridized carbons (Fsp3) is 0. The lowest BCUT2D eigenvalue weighted by Gasteiger charge is -2.10. The predicted molar refractivity (Wildman–Crippen MR) is 96.1 cm³/mol. The van der Waals surface area contributed by atoms with Gasteiger partial charge in [0.15, 0.2) is 0 Å². The molecule has 0 amide bonds. The second-order valence-corrected chi connectivity index (χ2v) is 5.67. The molecule has 0 unspecified atom stereocenters. The third-order valence-corrected chi connectivity index (χ3v) is 3.95. The van der Waals surface area contributed by atoms with Crippen molar-refractivity contribution in [3.05, 3.63) is 79.1 Å². The number of nitrogens with zero attached hydrogens (tertiary/aromatic N) is 1. The largest absolute Gasteiger partial charge is 0.508 e. The van der Waals surface area contributed by atoms with E-state index in [1.807, 2.05) is 42.5 Å². The van der Waals surface area contributed by atoms with Crippen LogP contribution in [-0.4, -0.2) is 15.2 Å². The van der Waals surface area contributed by atoms with Crippen molar-refractivity contribution in [2.24, 2.45) is 0 Å². The van der Waals surface area contributed by atoms with Gasteiger partial charge in [0, 0.05) is 16.7 Å². The molecule has 0 saturated carbocycles. The van der Waals surface area contributed by atoms with Crippen LogP contribution < -0.4 is 0 Å². The highest BCUT2D eigenvalue weighted by molar-refractivity contribution is 5.77. The van der Waals surface area contributed by atoms with Gasteiger partial charge in [-0.1, -0.05) is 24.3 Å². The lowest BCUT2D eigenvalue weighted by Crippen LogP contribution is -1.91. The maximum absolute atomic E-state index is 10.2. The van der Waals surface area contributed by atoms with Crippen LogP contribution in [0.2, 0.25) is 0 Å². The molecule has 4 nitrogen and oxygen atoms in total. The van der Waals surface area contributed by atoms with Gasteiger partial charge in [0.05, 0.1) is 17.7 Å². The SMILES string of the molecule is Oc1cccc(-c2cc(-c3ccco3)cc(-c3ccccc3O)n2)c1. The molecule has 2 heterocycles. The van der Waals surface area contributed by atoms with Crippen molar-refractivity contribution in [1.82, 2.24) is 4.98 Å². The van der Waals surface area contributed by atoms with Gasteiger partial charge in [0.1, 0.15) is 17.3 Å². The molecule has 4 heteroatoms. The topological polar surface area (TPSA) is 66.5 Å². The van der Waals surface area contributed by atoms with Gasteiger partial charge in [-0.2, -0.15) is 0 Å². The van der Waals surface area contributed by atoms with Crippen LogP contribution in [0.4, 0.5) is 0 Å². The number of para-hydroxylation sites is 1. The van der Waals surface area contributed by atoms with Gasteiger partial charge < -0.3 is 14.6 Å². The molecule has 2 N–H and O–H groups in total. The summed E-state index contributed by atoms with van der Waals surface area (Å²) in [5, 5.41) is 20.0. The number of pyridine rings is 1. The van der Waals surface area contributed by atoms with E-state index in [-0.39, 0.29) is 11.5 Å². The first kappa shape index (κ1) is 15.0. The monoisotopic (exact) mass is 329 g/mol. The highest BCUT2D eigenvalue weighted by atomic mass is 16.3. The highest BCUT2D eigenvalue weighted by Gasteiger charge is 2.12. The van der Waals surface area contributed by atoms with Crippen molar-refractivity contribution in [2.45, 2.75) is 0 Å². The molecule has 0 saturated heterocycles. The zero-order valence-electron chi connectivity index (χ0n) is 13.3. The number of hydrogen-bond donors (Lipinski definition) is 2. The molecule has 2 aromatic carbocycles. The fourth-order valence-corrected chi connectivity index (χ4v) is 2.76. The Labute approximate surface area is 144 Å². The van der Waals surface area contributed by atoms with Gasteiger partial charge in [0.2, 0.25) is 0 Å². The molecule has 0 atom stereocenters. The average molecular weight is 329 g/mol. The van der Waals surface area contributed by atoms with E-state index in [2.05, 4.69) is 4.98 Å². The van der Waals surface area contributed by atoms with E-state index in [9.17, 15) is 10.2 Å². The maximum Gasteiger partial charge on any atom is 0.134 e. The third kappa shape index (κ3) is 2.97. The number of aromatic nitrogens is 1. The van der Waals surface area contributed by atoms with Crippen LogP contribution in [-0.2, 0) is 0 Å². The van der Waals surface area contributed by atoms with E-state index < -0.39 is 0 Å². The summed E-state index contributed by atoms with van der Waals surface area (Å²) in [6, 6.07) is 21.5. The van der Waals surface area contributed by atoms with E-state index in [1.54, 1.807) is 36.6 Å². The zero-order chi connectivity index (χ0) is 17.2. The Balaban J connectivity index is 1.94. The van der Waals surface area contributed by atoms with E-state index in [0.717, 1.165) is 11.1 Å². The summed E-state index contributed by atoms with van der Waals surface area (Å²) in [6.45, 7) is 0. The number of furan rings is 1. The summed E-state index contributed by atoms with van der Waals surface area (Å²) in [6.07, 6.45) is 1.61. The number of rotatable bonds is 3. The van der Waals surface area contributed by atoms with Crippen LogP contribution in [0, 0.1) is 0 Å². The number of phenolic OH excluding ortho intramolecular Hbond substituents is 2. The summed E-state index contributed by atoms with van der Waals surface area (Å²) in [7, 11) is 0. The van der Waals surface area contributed by atoms with Crippen molar-refractivity contribution in [2.75, 3.05) is 0 Å². The molecular formula is C21H15NO3. The minimum atomic E-state index is 0.161. The summed E-state index contributed by atoms with van der Waals surface area (Å²) in [5.41, 5.74) is 3.58. The lowest BCUT2D eigenvalue weighted by molar-refractivity contribution is 0.475. The second kappa shape index (κ2) is 6.17. The molecule has 0 bridgehead atoms. The molecule has 0 aliphatic carbocycles. The molecule has 25 heavy (non-hydrogen) atoms. The first-order valence-corrected chi connectivity index (χ1v) is 7.84. The Morgan fingerprint density at radius 3 is 2.32 bits per heavy atom. The maximum atomic E-state index is 10.2. The molecular weight excluding hydrogens is 314 g/mol. The fourth-order valence-electron chi connectivity index (χ4n) is 2.76. The summed E-state index contributed by atoms with van der Waals surface area (Å²) in [5.74, 6) is 1.04. The van der Waals surface area contributed by atoms with Crippen LogP contribution in [0.25, 0.3) is 33.8 Å². The van der Waals surface area contributed by atoms with Crippen LogP contribution in [0.3, 0.4) is 0 Å². The van der Waals surface area contributed by atoms with Gasteiger partial charge in [-0.3, -0.25) is 0 Å². The van der Waals surface area contributed by atoms with E-state index in [1.165, 1.54) is 0 Å². The molecule has 4 aromatic rings. The van der Waals surface area contributed by atoms with Gasteiger partial charge in [-0.15, -0.1) is 0 Å². The van der Waals surface area contributed by atoms with E-state index >= 15 is 0 Å². The zero-order valence-corrected chi connectivity index (χ0v) is 13.3. The van der Waals surface area contributed by atoms with Gasteiger partial charge in [-0.05, 0) is 48.5 Å². The Morgan fingerprint density at radius 2 is 1.56 bits per heavy atom. The van der Waals surface area contributed by atoms with Gasteiger partial charge in [-0.25, -0.2) is 4.98 Å². The first-order chi connectivity index (χ1) is 12.2. The van der Waals surface area contributed by atoms with Crippen molar-refractivity contribution in [3.63, 3.8) is 0 Å². The lowest BCUT2D eigenvalue weighted by atomic mass is 10.0. The second-order valence-electron chi connectivity index (χ2n) is 5.67. The quantitative estimate of drug-likeness (QED) is 0.549. The van der Waals surface area contributed by atoms with Crippen molar-refractivity contribution in [1.29, 1.82) is 0 Å². The molecule has 4 rings (SSSR count). The summed E-state index contributed by atoms with van der Waals surface area (Å²) in [4.78, 5) is 4.67. The van der Waals surface area contributed by atoms with Crippen LogP contribution in [0.15, 0.2) is 83.5 Å². The van der Waals surface area contributed by atoms with Crippen LogP contribution in [0.5, 0.6) is 11.5 Å². The van der Waals surface area contributed by atoms with Gasteiger partial charge in [0.25, 0.3) is 0 Å². The Bertz CT molecular complexity index is 1020. The highest BCUT2D eigenvalue weighted by Crippen LogP contribution is 2.34. The molecule has 0 aliphatic rings. The van der Waals surface area contributed by atoms with Crippen LogP contribution in [0.1, 0.15) is 0 Å². The minimum Gasteiger partial charge on any atom is -0.508 e. The van der Waals surface area contributed by atoms with Crippen molar-refractivity contribution in [3.8, 4) is 45.3 Å². The first-order valence-electron chi connectivity index (χ1n) is 7.84. The molecule has 2 aromatic heterocycles. The number of benzene rings is 2. The van der Waals surface area contributed by atoms with E-state index in [4.69, 9.17) is 4.42 Å². The molecule has 0 fully saturated rings.